The van der Waals surface area contributed by atoms with Gasteiger partial charge in [-0.25, -0.2) is 4.68 Å². The van der Waals surface area contributed by atoms with Crippen LogP contribution in [0, 0.1) is 0 Å². The number of aromatic nitrogens is 3. The van der Waals surface area contributed by atoms with E-state index in [4.69, 9.17) is 9.47 Å². The quantitative estimate of drug-likeness (QED) is 0.940. The number of rotatable bonds is 4. The lowest BCUT2D eigenvalue weighted by Crippen LogP contribution is -2.20. The van der Waals surface area contributed by atoms with Crippen molar-refractivity contribution in [2.75, 3.05) is 18.5 Å². The van der Waals surface area contributed by atoms with E-state index >= 15 is 0 Å². The molecule has 6 nitrogen and oxygen atoms in total. The highest BCUT2D eigenvalue weighted by Gasteiger charge is 2.19. The molecule has 1 aromatic heterocycles. The van der Waals surface area contributed by atoms with Gasteiger partial charge in [0.05, 0.1) is 18.8 Å². The smallest absolute Gasteiger partial charge is 0.123 e. The second-order valence-electron chi connectivity index (χ2n) is 6.34. The summed E-state index contributed by atoms with van der Waals surface area (Å²) in [5, 5.41) is 12.0. The minimum atomic E-state index is 0.277. The highest BCUT2D eigenvalue weighted by atomic mass is 16.5. The second kappa shape index (κ2) is 6.20. The molecule has 1 unspecified atom stereocenters. The maximum atomic E-state index is 5.73. The fourth-order valence-corrected chi connectivity index (χ4v) is 3.25. The molecule has 6 heteroatoms. The zero-order valence-corrected chi connectivity index (χ0v) is 13.4. The van der Waals surface area contributed by atoms with Crippen molar-refractivity contribution < 1.29 is 9.47 Å². The topological polar surface area (TPSA) is 61.2 Å². The second-order valence-corrected chi connectivity index (χ2v) is 6.34. The molecule has 2 aliphatic heterocycles. The molecule has 4 rings (SSSR count). The summed E-state index contributed by atoms with van der Waals surface area (Å²) >= 11 is 0. The van der Waals surface area contributed by atoms with Crippen molar-refractivity contribution in [3.8, 4) is 5.75 Å². The molecular weight excluding hydrogens is 292 g/mol. The fourth-order valence-electron chi connectivity index (χ4n) is 3.25. The maximum absolute atomic E-state index is 5.73. The van der Waals surface area contributed by atoms with E-state index in [0.29, 0.717) is 12.6 Å². The van der Waals surface area contributed by atoms with Crippen LogP contribution in [0.1, 0.15) is 37.1 Å². The number of nitrogens with zero attached hydrogens (tertiary/aromatic N) is 3. The number of benzene rings is 1. The number of hydrogen-bond acceptors (Lipinski definition) is 5. The van der Waals surface area contributed by atoms with Crippen LogP contribution >= 0.6 is 0 Å². The van der Waals surface area contributed by atoms with Crippen LogP contribution in [0.15, 0.2) is 24.4 Å². The van der Waals surface area contributed by atoms with Gasteiger partial charge in [-0.05, 0) is 43.5 Å². The van der Waals surface area contributed by atoms with E-state index in [2.05, 4.69) is 34.7 Å². The highest BCUT2D eigenvalue weighted by Crippen LogP contribution is 2.31. The summed E-state index contributed by atoms with van der Waals surface area (Å²) in [4.78, 5) is 0. The van der Waals surface area contributed by atoms with Crippen molar-refractivity contribution in [2.24, 2.45) is 0 Å². The molecule has 1 aromatic carbocycles. The maximum Gasteiger partial charge on any atom is 0.123 e. The van der Waals surface area contributed by atoms with Gasteiger partial charge in [0.15, 0.2) is 0 Å². The van der Waals surface area contributed by atoms with Crippen LogP contribution in [0.5, 0.6) is 5.75 Å². The molecule has 0 bridgehead atoms. The largest absolute Gasteiger partial charge is 0.490 e. The first kappa shape index (κ1) is 14.5. The summed E-state index contributed by atoms with van der Waals surface area (Å²) in [6, 6.07) is 6.69. The van der Waals surface area contributed by atoms with Crippen LogP contribution in [0.3, 0.4) is 0 Å². The first-order valence-electron chi connectivity index (χ1n) is 8.30. The van der Waals surface area contributed by atoms with Crippen molar-refractivity contribution in [1.82, 2.24) is 15.0 Å². The Morgan fingerprint density at radius 2 is 2.17 bits per heavy atom. The predicted octanol–water partition coefficient (Wildman–Crippen LogP) is 2.57. The Labute approximate surface area is 135 Å². The first-order valence-corrected chi connectivity index (χ1v) is 8.30. The third kappa shape index (κ3) is 3.17. The van der Waals surface area contributed by atoms with Crippen LogP contribution in [0.2, 0.25) is 0 Å². The molecule has 2 aromatic rings. The normalized spacial score (nSPS) is 21.0. The Morgan fingerprint density at radius 3 is 3.04 bits per heavy atom. The molecule has 23 heavy (non-hydrogen) atoms. The van der Waals surface area contributed by atoms with Gasteiger partial charge in [0.25, 0.3) is 0 Å². The monoisotopic (exact) mass is 314 g/mol. The van der Waals surface area contributed by atoms with Gasteiger partial charge in [-0.15, -0.1) is 5.10 Å². The summed E-state index contributed by atoms with van der Waals surface area (Å²) in [6.07, 6.45) is 5.32. The number of hydrogen-bond donors (Lipinski definition) is 1. The molecule has 0 radical (unpaired) electrons. The van der Waals surface area contributed by atoms with Crippen molar-refractivity contribution in [3.63, 3.8) is 0 Å². The van der Waals surface area contributed by atoms with Crippen molar-refractivity contribution in [3.05, 3.63) is 35.7 Å². The van der Waals surface area contributed by atoms with Gasteiger partial charge in [-0.2, -0.15) is 0 Å². The summed E-state index contributed by atoms with van der Waals surface area (Å²) < 4.78 is 13.1. The number of nitrogens with one attached hydrogen (secondary N) is 1. The molecular formula is C17H22N4O2. The third-order valence-electron chi connectivity index (χ3n) is 4.49. The minimum Gasteiger partial charge on any atom is -0.490 e. The van der Waals surface area contributed by atoms with Gasteiger partial charge >= 0.3 is 0 Å². The first-order chi connectivity index (χ1) is 11.3. The van der Waals surface area contributed by atoms with E-state index in [1.807, 2.05) is 16.9 Å². The van der Waals surface area contributed by atoms with Gasteiger partial charge in [-0.3, -0.25) is 0 Å². The van der Waals surface area contributed by atoms with Crippen LogP contribution in [0.4, 0.5) is 5.69 Å². The molecule has 1 fully saturated rings. The summed E-state index contributed by atoms with van der Waals surface area (Å²) in [7, 11) is 0. The fraction of sp³-hybridized carbons (Fsp3) is 0.529. The van der Waals surface area contributed by atoms with Gasteiger partial charge in [0.2, 0.25) is 0 Å². The highest BCUT2D eigenvalue weighted by molar-refractivity contribution is 5.52. The molecule has 0 saturated carbocycles. The van der Waals surface area contributed by atoms with E-state index < -0.39 is 0 Å². The van der Waals surface area contributed by atoms with Gasteiger partial charge in [0.1, 0.15) is 17.5 Å². The van der Waals surface area contributed by atoms with Crippen molar-refractivity contribution in [1.29, 1.82) is 0 Å². The molecule has 0 aliphatic carbocycles. The van der Waals surface area contributed by atoms with Crippen molar-refractivity contribution in [2.45, 2.75) is 44.9 Å². The van der Waals surface area contributed by atoms with E-state index in [0.717, 1.165) is 49.6 Å². The zero-order chi connectivity index (χ0) is 15.6. The Hall–Kier alpha value is -2.08. The molecule has 1 N–H and O–H groups in total. The Bertz CT molecular complexity index is 679. The van der Waals surface area contributed by atoms with Crippen LogP contribution in [-0.2, 0) is 17.7 Å². The number of anilines is 1. The van der Waals surface area contributed by atoms with Crippen LogP contribution in [0.25, 0.3) is 0 Å². The lowest BCUT2D eigenvalue weighted by molar-refractivity contribution is 0.0657. The average molecular weight is 314 g/mol. The molecule has 1 atom stereocenters. The SMILES string of the molecule is CC1Cc2cc(NCc3cn(C4CCOCC4)nn3)ccc2O1. The third-order valence-corrected chi connectivity index (χ3v) is 4.49. The van der Waals surface area contributed by atoms with E-state index in [1.165, 1.54) is 5.56 Å². The molecule has 0 spiro atoms. The van der Waals surface area contributed by atoms with Crippen LogP contribution < -0.4 is 10.1 Å². The van der Waals surface area contributed by atoms with Crippen LogP contribution in [-0.4, -0.2) is 34.3 Å². The molecule has 3 heterocycles. The molecule has 2 aliphatic rings. The molecule has 122 valence electrons. The minimum absolute atomic E-state index is 0.277. The standard InChI is InChI=1S/C17H22N4O2/c1-12-8-13-9-14(2-3-17(13)23-12)18-10-15-11-21(20-19-15)16-4-6-22-7-5-16/h2-3,9,11-12,16,18H,4-8,10H2,1H3. The number of ether oxygens (including phenoxy) is 2. The lowest BCUT2D eigenvalue weighted by atomic mass is 10.1. The van der Waals surface area contributed by atoms with E-state index in [9.17, 15) is 0 Å². The molecule has 1 saturated heterocycles. The Morgan fingerprint density at radius 1 is 1.30 bits per heavy atom. The van der Waals surface area contributed by atoms with Gasteiger partial charge < -0.3 is 14.8 Å². The summed E-state index contributed by atoms with van der Waals surface area (Å²) in [5.41, 5.74) is 3.33. The van der Waals surface area contributed by atoms with Gasteiger partial charge in [0, 0.05) is 25.3 Å². The predicted molar refractivity (Wildman–Crippen MR) is 86.7 cm³/mol. The number of fused-ring (bicyclic) bond motifs is 1. The Kier molecular flexibility index (Phi) is 3.91. The zero-order valence-electron chi connectivity index (χ0n) is 13.4. The summed E-state index contributed by atoms with van der Waals surface area (Å²) in [5.74, 6) is 1.01. The van der Waals surface area contributed by atoms with E-state index in [1.54, 1.807) is 0 Å². The average Bonchev–Trinajstić information content (AvgIpc) is 3.18. The molecule has 0 amide bonds. The Balaban J connectivity index is 1.38. The van der Waals surface area contributed by atoms with Crippen molar-refractivity contribution >= 4 is 5.69 Å². The lowest BCUT2D eigenvalue weighted by Gasteiger charge is -2.21. The van der Waals surface area contributed by atoms with Gasteiger partial charge in [-0.1, -0.05) is 5.21 Å². The summed E-state index contributed by atoms with van der Waals surface area (Å²) in [6.45, 7) is 4.40. The van der Waals surface area contributed by atoms with E-state index in [-0.39, 0.29) is 6.10 Å².